The number of amides is 1. The number of hydrogen-bond acceptors (Lipinski definition) is 4. The van der Waals surface area contributed by atoms with E-state index < -0.39 is 0 Å². The average molecular weight is 335 g/mol. The van der Waals surface area contributed by atoms with Crippen LogP contribution in [0.1, 0.15) is 36.7 Å². The highest BCUT2D eigenvalue weighted by Crippen LogP contribution is 2.27. The molecule has 0 bridgehead atoms. The van der Waals surface area contributed by atoms with E-state index >= 15 is 0 Å². The topological polar surface area (TPSA) is 68.0 Å². The summed E-state index contributed by atoms with van der Waals surface area (Å²) in [7, 11) is 1.60. The van der Waals surface area contributed by atoms with Gasteiger partial charge >= 0.3 is 0 Å². The van der Waals surface area contributed by atoms with Gasteiger partial charge in [0, 0.05) is 23.7 Å². The molecule has 0 saturated heterocycles. The molecule has 25 heavy (non-hydrogen) atoms. The summed E-state index contributed by atoms with van der Waals surface area (Å²) in [5, 5.41) is 10.8. The Balaban J connectivity index is 1.84. The first-order valence-electron chi connectivity index (χ1n) is 8.15. The summed E-state index contributed by atoms with van der Waals surface area (Å²) in [6, 6.07) is 15.2. The lowest BCUT2D eigenvalue weighted by atomic mass is 9.87. The zero-order valence-corrected chi connectivity index (χ0v) is 14.8. The lowest BCUT2D eigenvalue weighted by molar-refractivity contribution is 0.0963. The van der Waals surface area contributed by atoms with Gasteiger partial charge in [-0.25, -0.2) is 0 Å². The summed E-state index contributed by atoms with van der Waals surface area (Å²) in [5.41, 5.74) is 3.60. The van der Waals surface area contributed by atoms with Crippen LogP contribution in [-0.2, 0) is 5.41 Å². The first kappa shape index (κ1) is 16.9. The molecule has 1 heterocycles. The van der Waals surface area contributed by atoms with E-state index in [-0.39, 0.29) is 11.3 Å². The van der Waals surface area contributed by atoms with Crippen LogP contribution >= 0.6 is 0 Å². The lowest BCUT2D eigenvalue weighted by Crippen LogP contribution is -2.17. The quantitative estimate of drug-likeness (QED) is 0.784. The molecule has 0 atom stereocenters. The van der Waals surface area contributed by atoms with Crippen LogP contribution in [0, 0.1) is 0 Å². The van der Waals surface area contributed by atoms with Gasteiger partial charge in [-0.3, -0.25) is 4.79 Å². The van der Waals surface area contributed by atoms with Crippen molar-refractivity contribution in [3.8, 4) is 22.9 Å². The number of aromatic nitrogens is 2. The van der Waals surface area contributed by atoms with Gasteiger partial charge in [0.15, 0.2) is 0 Å². The van der Waals surface area contributed by atoms with E-state index in [9.17, 15) is 4.79 Å². The summed E-state index contributed by atoms with van der Waals surface area (Å²) in [5.74, 6) is 0.779. The van der Waals surface area contributed by atoms with Gasteiger partial charge in [-0.05, 0) is 47.4 Å². The Morgan fingerprint density at radius 2 is 1.36 bits per heavy atom. The molecule has 1 amide bonds. The maximum Gasteiger partial charge on any atom is 0.251 e. The van der Waals surface area contributed by atoms with Gasteiger partial charge in [0.1, 0.15) is 0 Å². The van der Waals surface area contributed by atoms with E-state index in [0.29, 0.717) is 17.3 Å². The van der Waals surface area contributed by atoms with E-state index in [1.807, 2.05) is 12.1 Å². The fourth-order valence-corrected chi connectivity index (χ4v) is 2.48. The third-order valence-electron chi connectivity index (χ3n) is 4.04. The van der Waals surface area contributed by atoms with Gasteiger partial charge in [0.2, 0.25) is 11.8 Å². The summed E-state index contributed by atoms with van der Waals surface area (Å²) < 4.78 is 5.79. The van der Waals surface area contributed by atoms with Crippen molar-refractivity contribution in [2.24, 2.45) is 0 Å². The fourth-order valence-electron chi connectivity index (χ4n) is 2.48. The number of hydrogen-bond donors (Lipinski definition) is 1. The second-order valence-electron chi connectivity index (χ2n) is 6.90. The normalized spacial score (nSPS) is 11.4. The Labute approximate surface area is 147 Å². The van der Waals surface area contributed by atoms with Crippen LogP contribution in [0.3, 0.4) is 0 Å². The number of nitrogens with zero attached hydrogens (tertiary/aromatic N) is 2. The predicted octanol–water partition coefficient (Wildman–Crippen LogP) is 4.06. The van der Waals surface area contributed by atoms with Crippen molar-refractivity contribution in [3.05, 3.63) is 59.7 Å². The summed E-state index contributed by atoms with van der Waals surface area (Å²) in [6.07, 6.45) is 0. The molecule has 2 aromatic carbocycles. The third kappa shape index (κ3) is 3.60. The Morgan fingerprint density at radius 1 is 0.880 bits per heavy atom. The summed E-state index contributed by atoms with van der Waals surface area (Å²) >= 11 is 0. The number of carbonyl (C=O) groups is 1. The number of benzene rings is 2. The molecule has 0 aliphatic heterocycles. The van der Waals surface area contributed by atoms with E-state index in [1.165, 1.54) is 5.56 Å². The smallest absolute Gasteiger partial charge is 0.251 e. The van der Waals surface area contributed by atoms with Gasteiger partial charge < -0.3 is 9.73 Å². The van der Waals surface area contributed by atoms with Crippen molar-refractivity contribution in [2.45, 2.75) is 26.2 Å². The molecule has 128 valence electrons. The molecule has 5 nitrogen and oxygen atoms in total. The molecule has 3 rings (SSSR count). The van der Waals surface area contributed by atoms with Crippen molar-refractivity contribution in [1.29, 1.82) is 0 Å². The molecule has 0 fully saturated rings. The Hall–Kier alpha value is -2.95. The summed E-state index contributed by atoms with van der Waals surface area (Å²) in [6.45, 7) is 6.53. The molecule has 5 heteroatoms. The standard InChI is InChI=1S/C20H21N3O2/c1-20(2,3)16-11-9-15(10-12-16)19-23-22-18(25-19)14-7-5-13(6-8-14)17(24)21-4/h5-12H,1-4H3,(H,21,24). The van der Waals surface area contributed by atoms with Crippen molar-refractivity contribution < 1.29 is 9.21 Å². The largest absolute Gasteiger partial charge is 0.416 e. The van der Waals surface area contributed by atoms with E-state index in [1.54, 1.807) is 31.3 Å². The van der Waals surface area contributed by atoms with E-state index in [0.717, 1.165) is 11.1 Å². The molecule has 1 aromatic heterocycles. The zero-order chi connectivity index (χ0) is 18.0. The molecular formula is C20H21N3O2. The van der Waals surface area contributed by atoms with Crippen molar-refractivity contribution in [2.75, 3.05) is 7.05 Å². The van der Waals surface area contributed by atoms with Crippen LogP contribution in [0.4, 0.5) is 0 Å². The van der Waals surface area contributed by atoms with Crippen LogP contribution in [0.2, 0.25) is 0 Å². The molecule has 0 radical (unpaired) electrons. The van der Waals surface area contributed by atoms with Gasteiger partial charge in [-0.1, -0.05) is 32.9 Å². The molecule has 0 unspecified atom stereocenters. The third-order valence-corrected chi connectivity index (χ3v) is 4.04. The second kappa shape index (κ2) is 6.51. The van der Waals surface area contributed by atoms with E-state index in [4.69, 9.17) is 4.42 Å². The van der Waals surface area contributed by atoms with Crippen LogP contribution in [0.15, 0.2) is 52.9 Å². The number of rotatable bonds is 3. The molecule has 0 aliphatic carbocycles. The molecule has 0 aliphatic rings. The fraction of sp³-hybridized carbons (Fsp3) is 0.250. The minimum absolute atomic E-state index is 0.102. The van der Waals surface area contributed by atoms with Crippen LogP contribution in [0.5, 0.6) is 0 Å². The molecule has 0 saturated carbocycles. The van der Waals surface area contributed by atoms with Crippen molar-refractivity contribution in [3.63, 3.8) is 0 Å². The first-order valence-corrected chi connectivity index (χ1v) is 8.15. The first-order chi connectivity index (χ1) is 11.9. The highest BCUT2D eigenvalue weighted by atomic mass is 16.4. The minimum Gasteiger partial charge on any atom is -0.416 e. The molecule has 0 spiro atoms. The lowest BCUT2D eigenvalue weighted by Gasteiger charge is -2.18. The molecular weight excluding hydrogens is 314 g/mol. The monoisotopic (exact) mass is 335 g/mol. The minimum atomic E-state index is -0.128. The Kier molecular flexibility index (Phi) is 4.40. The van der Waals surface area contributed by atoms with Crippen LogP contribution in [-0.4, -0.2) is 23.2 Å². The maximum atomic E-state index is 11.6. The SMILES string of the molecule is CNC(=O)c1ccc(-c2nnc(-c3ccc(C(C)(C)C)cc3)o2)cc1. The predicted molar refractivity (Wildman–Crippen MR) is 97.3 cm³/mol. The highest BCUT2D eigenvalue weighted by molar-refractivity contribution is 5.94. The number of nitrogens with one attached hydrogen (secondary N) is 1. The maximum absolute atomic E-state index is 11.6. The Morgan fingerprint density at radius 3 is 1.80 bits per heavy atom. The Bertz CT molecular complexity index is 873. The number of carbonyl (C=O) groups excluding carboxylic acids is 1. The second-order valence-corrected chi connectivity index (χ2v) is 6.90. The van der Waals surface area contributed by atoms with Crippen molar-refractivity contribution >= 4 is 5.91 Å². The zero-order valence-electron chi connectivity index (χ0n) is 14.8. The van der Waals surface area contributed by atoms with Gasteiger partial charge in [-0.2, -0.15) is 0 Å². The van der Waals surface area contributed by atoms with Crippen LogP contribution in [0.25, 0.3) is 22.9 Å². The molecule has 1 N–H and O–H groups in total. The van der Waals surface area contributed by atoms with Gasteiger partial charge in [-0.15, -0.1) is 10.2 Å². The van der Waals surface area contributed by atoms with Gasteiger partial charge in [0.05, 0.1) is 0 Å². The molecule has 3 aromatic rings. The van der Waals surface area contributed by atoms with Crippen LogP contribution < -0.4 is 5.32 Å². The summed E-state index contributed by atoms with van der Waals surface area (Å²) in [4.78, 5) is 11.6. The van der Waals surface area contributed by atoms with E-state index in [2.05, 4.69) is 48.4 Å². The highest BCUT2D eigenvalue weighted by Gasteiger charge is 2.15. The van der Waals surface area contributed by atoms with Crippen molar-refractivity contribution in [1.82, 2.24) is 15.5 Å². The average Bonchev–Trinajstić information content (AvgIpc) is 3.10. The van der Waals surface area contributed by atoms with Gasteiger partial charge in [0.25, 0.3) is 5.91 Å².